The van der Waals surface area contributed by atoms with Crippen molar-refractivity contribution in [2.75, 3.05) is 5.73 Å². The van der Waals surface area contributed by atoms with Gasteiger partial charge in [-0.25, -0.2) is 0 Å². The van der Waals surface area contributed by atoms with Gasteiger partial charge in [0.15, 0.2) is 5.75 Å². The van der Waals surface area contributed by atoms with E-state index in [1.54, 1.807) is 0 Å². The van der Waals surface area contributed by atoms with E-state index in [-0.39, 0.29) is 16.5 Å². The minimum absolute atomic E-state index is 0.0151. The number of non-ortho nitro benzene ring substituents is 1. The summed E-state index contributed by atoms with van der Waals surface area (Å²) >= 11 is 5.76. The molecule has 0 bridgehead atoms. The van der Waals surface area contributed by atoms with Crippen LogP contribution in [0.5, 0.6) is 11.5 Å². The van der Waals surface area contributed by atoms with Crippen LogP contribution in [-0.2, 0) is 0 Å². The number of rotatable bonds is 5. The Labute approximate surface area is 137 Å². The van der Waals surface area contributed by atoms with Crippen molar-refractivity contribution < 1.29 is 19.5 Å². The predicted octanol–water partition coefficient (Wildman–Crippen LogP) is 3.44. The average molecular weight is 355 g/mol. The molecule has 2 aromatic rings. The fraction of sp³-hybridized carbons (Fsp3) is 0. The lowest BCUT2D eigenvalue weighted by Crippen LogP contribution is -2.02. The van der Waals surface area contributed by atoms with E-state index in [2.05, 4.69) is 0 Å². The van der Waals surface area contributed by atoms with Crippen molar-refractivity contribution in [3.63, 3.8) is 0 Å². The molecule has 0 spiro atoms. The SMILES string of the molecule is Nc1ccc(Cl)cc1Oc1c([N+](=O)[O-])cc([N+](=O)[O-])cc1[N+](=O)[O-]. The molecule has 0 heterocycles. The minimum atomic E-state index is -1.03. The molecule has 24 heavy (non-hydrogen) atoms. The van der Waals surface area contributed by atoms with Crippen molar-refractivity contribution in [1.29, 1.82) is 0 Å². The summed E-state index contributed by atoms with van der Waals surface area (Å²) in [7, 11) is 0. The van der Waals surface area contributed by atoms with Crippen LogP contribution in [0.3, 0.4) is 0 Å². The molecule has 0 aliphatic heterocycles. The van der Waals surface area contributed by atoms with Crippen LogP contribution < -0.4 is 10.5 Å². The van der Waals surface area contributed by atoms with Crippen LogP contribution in [0.2, 0.25) is 5.02 Å². The molecule has 0 aliphatic rings. The molecule has 2 aromatic carbocycles. The maximum absolute atomic E-state index is 11.1. The standard InChI is InChI=1S/C12H7ClN4O7/c13-6-1-2-8(14)11(3-6)24-12-9(16(20)21)4-7(15(18)19)5-10(12)17(22)23/h1-5H,14H2. The van der Waals surface area contributed by atoms with Gasteiger partial charge in [0.25, 0.3) is 11.4 Å². The van der Waals surface area contributed by atoms with Crippen molar-refractivity contribution in [2.45, 2.75) is 0 Å². The lowest BCUT2D eigenvalue weighted by atomic mass is 10.2. The molecule has 11 nitrogen and oxygen atoms in total. The first-order chi connectivity index (χ1) is 11.2. The van der Waals surface area contributed by atoms with Crippen LogP contribution in [0, 0.1) is 30.3 Å². The molecule has 2 N–H and O–H groups in total. The van der Waals surface area contributed by atoms with Gasteiger partial charge in [-0.2, -0.15) is 0 Å². The molecule has 0 saturated carbocycles. The lowest BCUT2D eigenvalue weighted by Gasteiger charge is -2.09. The molecule has 0 aromatic heterocycles. The van der Waals surface area contributed by atoms with Gasteiger partial charge in [-0.1, -0.05) is 11.6 Å². The zero-order valence-electron chi connectivity index (χ0n) is 11.5. The second-order valence-corrected chi connectivity index (χ2v) is 4.81. The number of nitrogen functional groups attached to an aromatic ring is 1. The topological polar surface area (TPSA) is 165 Å². The third-order valence-corrected chi connectivity index (χ3v) is 3.06. The number of halogens is 1. The van der Waals surface area contributed by atoms with Crippen LogP contribution in [-0.4, -0.2) is 14.8 Å². The minimum Gasteiger partial charge on any atom is -0.442 e. The van der Waals surface area contributed by atoms with Gasteiger partial charge in [0.2, 0.25) is 0 Å². The Bertz CT molecular complexity index is 835. The van der Waals surface area contributed by atoms with Gasteiger partial charge in [0, 0.05) is 11.1 Å². The van der Waals surface area contributed by atoms with E-state index in [0.717, 1.165) is 0 Å². The summed E-state index contributed by atoms with van der Waals surface area (Å²) in [4.78, 5) is 30.0. The van der Waals surface area contributed by atoms with E-state index < -0.39 is 37.6 Å². The number of nitro groups is 3. The van der Waals surface area contributed by atoms with E-state index in [1.165, 1.54) is 18.2 Å². The van der Waals surface area contributed by atoms with E-state index in [9.17, 15) is 30.3 Å². The summed E-state index contributed by atoms with van der Waals surface area (Å²) in [6.45, 7) is 0. The summed E-state index contributed by atoms with van der Waals surface area (Å²) in [5.41, 5.74) is 2.93. The summed E-state index contributed by atoms with van der Waals surface area (Å²) < 4.78 is 5.19. The molecule has 0 unspecified atom stereocenters. The fourth-order valence-corrected chi connectivity index (χ4v) is 1.93. The third-order valence-electron chi connectivity index (χ3n) is 2.83. The maximum Gasteiger partial charge on any atom is 0.325 e. The molecule has 12 heteroatoms. The normalized spacial score (nSPS) is 10.2. The Morgan fingerprint density at radius 1 is 0.917 bits per heavy atom. The van der Waals surface area contributed by atoms with Crippen LogP contribution in [0.1, 0.15) is 0 Å². The van der Waals surface area contributed by atoms with Crippen molar-refractivity contribution in [3.05, 3.63) is 65.7 Å². The van der Waals surface area contributed by atoms with Crippen molar-refractivity contribution >= 4 is 34.4 Å². The molecule has 0 fully saturated rings. The van der Waals surface area contributed by atoms with Gasteiger partial charge >= 0.3 is 11.4 Å². The van der Waals surface area contributed by atoms with Crippen molar-refractivity contribution in [2.24, 2.45) is 0 Å². The number of nitrogens with zero attached hydrogens (tertiary/aromatic N) is 3. The molecule has 124 valence electrons. The van der Waals surface area contributed by atoms with E-state index in [0.29, 0.717) is 12.1 Å². The number of nitro benzene ring substituents is 3. The second kappa shape index (κ2) is 6.34. The van der Waals surface area contributed by atoms with E-state index in [1.807, 2.05) is 0 Å². The Morgan fingerprint density at radius 3 is 1.92 bits per heavy atom. The van der Waals surface area contributed by atoms with Crippen LogP contribution >= 0.6 is 11.6 Å². The molecular weight excluding hydrogens is 348 g/mol. The van der Waals surface area contributed by atoms with Gasteiger partial charge in [0.05, 0.1) is 32.6 Å². The van der Waals surface area contributed by atoms with Crippen molar-refractivity contribution in [3.8, 4) is 11.5 Å². The first-order valence-corrected chi connectivity index (χ1v) is 6.42. The molecule has 0 radical (unpaired) electrons. The van der Waals surface area contributed by atoms with Gasteiger partial charge in [0.1, 0.15) is 0 Å². The monoisotopic (exact) mass is 354 g/mol. The molecule has 0 saturated heterocycles. The van der Waals surface area contributed by atoms with E-state index >= 15 is 0 Å². The summed E-state index contributed by atoms with van der Waals surface area (Å²) in [5.74, 6) is -0.952. The highest BCUT2D eigenvalue weighted by atomic mass is 35.5. The Hall–Kier alpha value is -3.47. The quantitative estimate of drug-likeness (QED) is 0.484. The molecule has 0 amide bonds. The number of ether oxygens (including phenoxy) is 1. The van der Waals surface area contributed by atoms with Crippen LogP contribution in [0.15, 0.2) is 30.3 Å². The number of anilines is 1. The fourth-order valence-electron chi connectivity index (χ4n) is 1.77. The van der Waals surface area contributed by atoms with E-state index in [4.69, 9.17) is 22.1 Å². The summed E-state index contributed by atoms with van der Waals surface area (Å²) in [5, 5.41) is 33.2. The highest BCUT2D eigenvalue weighted by Gasteiger charge is 2.33. The Morgan fingerprint density at radius 2 is 1.46 bits per heavy atom. The Kier molecular flexibility index (Phi) is 4.46. The highest BCUT2D eigenvalue weighted by molar-refractivity contribution is 6.30. The smallest absolute Gasteiger partial charge is 0.325 e. The molecular formula is C12H7ClN4O7. The number of nitrogens with two attached hydrogens (primary N) is 1. The van der Waals surface area contributed by atoms with Crippen LogP contribution in [0.4, 0.5) is 22.7 Å². The van der Waals surface area contributed by atoms with Crippen LogP contribution in [0.25, 0.3) is 0 Å². The Balaban J connectivity index is 2.70. The van der Waals surface area contributed by atoms with Gasteiger partial charge in [-0.05, 0) is 12.1 Å². The van der Waals surface area contributed by atoms with Gasteiger partial charge in [-0.3, -0.25) is 30.3 Å². The first-order valence-electron chi connectivity index (χ1n) is 6.04. The zero-order valence-corrected chi connectivity index (χ0v) is 12.3. The lowest BCUT2D eigenvalue weighted by molar-refractivity contribution is -0.404. The summed E-state index contributed by atoms with van der Waals surface area (Å²) in [6, 6.07) is 5.07. The first kappa shape index (κ1) is 16.9. The van der Waals surface area contributed by atoms with Gasteiger partial charge < -0.3 is 10.5 Å². The third kappa shape index (κ3) is 3.30. The highest BCUT2D eigenvalue weighted by Crippen LogP contribution is 2.44. The molecule has 2 rings (SSSR count). The number of benzene rings is 2. The van der Waals surface area contributed by atoms with Crippen molar-refractivity contribution in [1.82, 2.24) is 0 Å². The average Bonchev–Trinajstić information content (AvgIpc) is 2.50. The number of hydrogen-bond acceptors (Lipinski definition) is 8. The largest absolute Gasteiger partial charge is 0.442 e. The molecule has 0 aliphatic carbocycles. The molecule has 0 atom stereocenters. The predicted molar refractivity (Wildman–Crippen MR) is 82.3 cm³/mol. The maximum atomic E-state index is 11.1. The summed E-state index contributed by atoms with van der Waals surface area (Å²) in [6.07, 6.45) is 0. The van der Waals surface area contributed by atoms with Gasteiger partial charge in [-0.15, -0.1) is 0 Å². The second-order valence-electron chi connectivity index (χ2n) is 4.37. The zero-order chi connectivity index (χ0) is 18.0. The number of hydrogen-bond donors (Lipinski definition) is 1.